The highest BCUT2D eigenvalue weighted by Gasteiger charge is 2.40. The number of carbonyl (C=O) groups is 1. The molecule has 1 aromatic carbocycles. The van der Waals surface area contributed by atoms with Crippen LogP contribution in [-0.2, 0) is 16.0 Å². The largest absolute Gasteiger partial charge is 0.496 e. The molecule has 138 valence electrons. The molecule has 2 aliphatic rings. The lowest BCUT2D eigenvalue weighted by Crippen LogP contribution is -2.59. The Balaban J connectivity index is 1.67. The summed E-state index contributed by atoms with van der Waals surface area (Å²) in [4.78, 5) is 14.9. The number of nitrogens with two attached hydrogens (primary N) is 1. The molecule has 1 atom stereocenters. The Morgan fingerprint density at radius 3 is 2.92 bits per heavy atom. The van der Waals surface area contributed by atoms with Crippen LogP contribution in [0.5, 0.6) is 5.75 Å². The van der Waals surface area contributed by atoms with Crippen molar-refractivity contribution in [3.05, 3.63) is 28.8 Å². The van der Waals surface area contributed by atoms with Gasteiger partial charge in [0.25, 0.3) is 0 Å². The van der Waals surface area contributed by atoms with E-state index < -0.39 is 5.54 Å². The maximum absolute atomic E-state index is 12.9. The minimum Gasteiger partial charge on any atom is -0.496 e. The quantitative estimate of drug-likeness (QED) is 0.889. The van der Waals surface area contributed by atoms with E-state index in [2.05, 4.69) is 0 Å². The van der Waals surface area contributed by atoms with Gasteiger partial charge in [0.2, 0.25) is 5.91 Å². The standard InChI is InChI=1S/C19H27ClN2O3/c1-24-17-5-4-16(20)12-15(17)11-14-3-2-8-22(13-14)18(23)19(21)6-9-25-10-7-19/h4-5,12,14H,2-3,6-11,13,21H2,1H3. The van der Waals surface area contributed by atoms with Crippen molar-refractivity contribution < 1.29 is 14.3 Å². The van der Waals surface area contributed by atoms with Crippen LogP contribution in [0.25, 0.3) is 0 Å². The molecule has 5 nitrogen and oxygen atoms in total. The van der Waals surface area contributed by atoms with Crippen molar-refractivity contribution in [2.75, 3.05) is 33.4 Å². The molecular formula is C19H27ClN2O3. The van der Waals surface area contributed by atoms with Gasteiger partial charge >= 0.3 is 0 Å². The van der Waals surface area contributed by atoms with Gasteiger partial charge in [0.1, 0.15) is 5.75 Å². The maximum atomic E-state index is 12.9. The van der Waals surface area contributed by atoms with Crippen LogP contribution in [-0.4, -0.2) is 49.8 Å². The number of amides is 1. The zero-order valence-electron chi connectivity index (χ0n) is 14.8. The molecule has 2 saturated heterocycles. The Kier molecular flexibility index (Phi) is 5.87. The van der Waals surface area contributed by atoms with Crippen LogP contribution in [0.4, 0.5) is 0 Å². The molecule has 0 spiro atoms. The summed E-state index contributed by atoms with van der Waals surface area (Å²) in [5.41, 5.74) is 6.73. The number of nitrogens with zero attached hydrogens (tertiary/aromatic N) is 1. The molecule has 0 saturated carbocycles. The average molecular weight is 367 g/mol. The van der Waals surface area contributed by atoms with Gasteiger partial charge in [-0.15, -0.1) is 0 Å². The molecule has 2 fully saturated rings. The molecule has 6 heteroatoms. The van der Waals surface area contributed by atoms with Gasteiger partial charge in [-0.1, -0.05) is 11.6 Å². The van der Waals surface area contributed by atoms with E-state index in [-0.39, 0.29) is 5.91 Å². The summed E-state index contributed by atoms with van der Waals surface area (Å²) in [5, 5.41) is 0.711. The van der Waals surface area contributed by atoms with Crippen molar-refractivity contribution in [2.24, 2.45) is 11.7 Å². The number of ether oxygens (including phenoxy) is 2. The number of methoxy groups -OCH3 is 1. The molecule has 2 aliphatic heterocycles. The van der Waals surface area contributed by atoms with E-state index in [1.54, 1.807) is 7.11 Å². The van der Waals surface area contributed by atoms with Crippen molar-refractivity contribution in [3.8, 4) is 5.75 Å². The number of hydrogen-bond donors (Lipinski definition) is 1. The van der Waals surface area contributed by atoms with Crippen molar-refractivity contribution in [3.63, 3.8) is 0 Å². The molecule has 25 heavy (non-hydrogen) atoms. The number of halogens is 1. The van der Waals surface area contributed by atoms with Crippen LogP contribution < -0.4 is 10.5 Å². The zero-order valence-corrected chi connectivity index (χ0v) is 15.6. The van der Waals surface area contributed by atoms with Crippen molar-refractivity contribution in [2.45, 2.75) is 37.6 Å². The van der Waals surface area contributed by atoms with Crippen LogP contribution >= 0.6 is 11.6 Å². The van der Waals surface area contributed by atoms with Crippen LogP contribution in [0.15, 0.2) is 18.2 Å². The van der Waals surface area contributed by atoms with E-state index in [0.29, 0.717) is 37.0 Å². The second-order valence-corrected chi connectivity index (χ2v) is 7.62. The van der Waals surface area contributed by atoms with Gasteiger partial charge in [-0.3, -0.25) is 4.79 Å². The van der Waals surface area contributed by atoms with Crippen molar-refractivity contribution >= 4 is 17.5 Å². The predicted molar refractivity (Wildman–Crippen MR) is 98.0 cm³/mol. The average Bonchev–Trinajstić information content (AvgIpc) is 2.62. The Labute approximate surface area is 154 Å². The van der Waals surface area contributed by atoms with Crippen LogP contribution in [0.3, 0.4) is 0 Å². The molecule has 3 rings (SSSR count). The Morgan fingerprint density at radius 2 is 2.20 bits per heavy atom. The van der Waals surface area contributed by atoms with E-state index in [1.807, 2.05) is 23.1 Å². The lowest BCUT2D eigenvalue weighted by molar-refractivity contribution is -0.142. The summed E-state index contributed by atoms with van der Waals surface area (Å²) < 4.78 is 10.8. The van der Waals surface area contributed by atoms with E-state index in [1.165, 1.54) is 0 Å². The summed E-state index contributed by atoms with van der Waals surface area (Å²) in [6.07, 6.45) is 4.17. The molecule has 2 heterocycles. The van der Waals surface area contributed by atoms with Crippen LogP contribution in [0, 0.1) is 5.92 Å². The summed E-state index contributed by atoms with van der Waals surface area (Å²) in [7, 11) is 1.67. The number of likely N-dealkylation sites (tertiary alicyclic amines) is 1. The second-order valence-electron chi connectivity index (χ2n) is 7.19. The van der Waals surface area contributed by atoms with Crippen molar-refractivity contribution in [1.29, 1.82) is 0 Å². The Bertz CT molecular complexity index is 617. The van der Waals surface area contributed by atoms with E-state index >= 15 is 0 Å². The first-order valence-corrected chi connectivity index (χ1v) is 9.38. The third-order valence-corrected chi connectivity index (χ3v) is 5.60. The molecular weight excluding hydrogens is 340 g/mol. The first kappa shape index (κ1) is 18.5. The van der Waals surface area contributed by atoms with Gasteiger partial charge in [-0.25, -0.2) is 0 Å². The Hall–Kier alpha value is -1.30. The minimum absolute atomic E-state index is 0.0820. The number of benzene rings is 1. The fourth-order valence-electron chi connectivity index (χ4n) is 3.90. The van der Waals surface area contributed by atoms with Gasteiger partial charge < -0.3 is 20.1 Å². The summed E-state index contributed by atoms with van der Waals surface area (Å²) in [5.74, 6) is 1.33. The smallest absolute Gasteiger partial charge is 0.242 e. The van der Waals surface area contributed by atoms with Gasteiger partial charge in [0.05, 0.1) is 12.6 Å². The van der Waals surface area contributed by atoms with E-state index in [4.69, 9.17) is 26.8 Å². The summed E-state index contributed by atoms with van der Waals surface area (Å²) in [6, 6.07) is 5.70. The third kappa shape index (κ3) is 4.27. The third-order valence-electron chi connectivity index (χ3n) is 5.37. The molecule has 2 N–H and O–H groups in total. The second kappa shape index (κ2) is 7.94. The summed E-state index contributed by atoms with van der Waals surface area (Å²) in [6.45, 7) is 2.68. The number of rotatable bonds is 4. The Morgan fingerprint density at radius 1 is 1.44 bits per heavy atom. The monoisotopic (exact) mass is 366 g/mol. The molecule has 0 radical (unpaired) electrons. The molecule has 0 aromatic heterocycles. The van der Waals surface area contributed by atoms with Crippen molar-refractivity contribution in [1.82, 2.24) is 4.90 Å². The highest BCUT2D eigenvalue weighted by molar-refractivity contribution is 6.30. The predicted octanol–water partition coefficient (Wildman–Crippen LogP) is 2.64. The fraction of sp³-hybridized carbons (Fsp3) is 0.632. The van der Waals surface area contributed by atoms with Gasteiger partial charge in [-0.05, 0) is 61.8 Å². The maximum Gasteiger partial charge on any atom is 0.242 e. The lowest BCUT2D eigenvalue weighted by Gasteiger charge is -2.40. The molecule has 0 aliphatic carbocycles. The number of carbonyl (C=O) groups excluding carboxylic acids is 1. The first-order valence-electron chi connectivity index (χ1n) is 9.00. The molecule has 1 amide bonds. The highest BCUT2D eigenvalue weighted by Crippen LogP contribution is 2.30. The van der Waals surface area contributed by atoms with Gasteiger partial charge in [-0.2, -0.15) is 0 Å². The van der Waals surface area contributed by atoms with Gasteiger partial charge in [0, 0.05) is 31.3 Å². The topological polar surface area (TPSA) is 64.8 Å². The van der Waals surface area contributed by atoms with Crippen LogP contribution in [0.2, 0.25) is 5.02 Å². The molecule has 1 aromatic rings. The lowest BCUT2D eigenvalue weighted by atomic mass is 9.86. The van der Waals surface area contributed by atoms with E-state index in [0.717, 1.165) is 43.7 Å². The first-order chi connectivity index (χ1) is 12.0. The number of hydrogen-bond acceptors (Lipinski definition) is 4. The fourth-order valence-corrected chi connectivity index (χ4v) is 4.09. The highest BCUT2D eigenvalue weighted by atomic mass is 35.5. The molecule has 0 bridgehead atoms. The number of piperidine rings is 1. The molecule has 1 unspecified atom stereocenters. The SMILES string of the molecule is COc1ccc(Cl)cc1CC1CCCN(C(=O)C2(N)CCOCC2)C1. The summed E-state index contributed by atoms with van der Waals surface area (Å²) >= 11 is 6.14. The van der Waals surface area contributed by atoms with Gasteiger partial charge in [0.15, 0.2) is 0 Å². The van der Waals surface area contributed by atoms with E-state index in [9.17, 15) is 4.79 Å². The minimum atomic E-state index is -0.756. The van der Waals surface area contributed by atoms with Crippen LogP contribution in [0.1, 0.15) is 31.2 Å². The normalized spacial score (nSPS) is 23.3. The zero-order chi connectivity index (χ0) is 17.9.